The summed E-state index contributed by atoms with van der Waals surface area (Å²) < 4.78 is 4.84. The number of carbonyl (C=O) groups is 1. The van der Waals surface area contributed by atoms with E-state index in [9.17, 15) is 4.79 Å². The topological polar surface area (TPSA) is 26.3 Å². The number of rotatable bonds is 2. The smallest absolute Gasteiger partial charge is 0.409 e. The Morgan fingerprint density at radius 1 is 1.43 bits per heavy atom. The Balaban J connectivity index is 3.17. The highest BCUT2D eigenvalue weighted by atomic mass is 35.5. The number of halogens is 2. The fourth-order valence-electron chi connectivity index (χ4n) is 1.31. The lowest BCUT2D eigenvalue weighted by Gasteiger charge is -2.10. The van der Waals surface area contributed by atoms with Crippen LogP contribution >= 0.6 is 23.2 Å². The van der Waals surface area contributed by atoms with Crippen LogP contribution in [0.5, 0.6) is 5.75 Å². The molecule has 0 fully saturated rings. The van der Waals surface area contributed by atoms with Gasteiger partial charge in [-0.3, -0.25) is 0 Å². The van der Waals surface area contributed by atoms with Gasteiger partial charge in [0.1, 0.15) is 5.75 Å². The minimum atomic E-state index is -0.846. The summed E-state index contributed by atoms with van der Waals surface area (Å²) in [4.78, 5) is 10.6. The highest BCUT2D eigenvalue weighted by Gasteiger charge is 2.09. The first-order valence-electron chi connectivity index (χ1n) is 4.08. The fourth-order valence-corrected chi connectivity index (χ4v) is 1.73. The molecule has 0 aliphatic heterocycles. The predicted octanol–water partition coefficient (Wildman–Crippen LogP) is 3.78. The third-order valence-electron chi connectivity index (χ3n) is 1.90. The van der Waals surface area contributed by atoms with E-state index in [1.54, 1.807) is 6.07 Å². The summed E-state index contributed by atoms with van der Waals surface area (Å²) in [6.45, 7) is 3.83. The molecule has 0 aromatic heterocycles. The van der Waals surface area contributed by atoms with Gasteiger partial charge in [-0.25, -0.2) is 4.79 Å². The van der Waals surface area contributed by atoms with Crippen LogP contribution in [0, 0.1) is 13.8 Å². The van der Waals surface area contributed by atoms with E-state index in [-0.39, 0.29) is 0 Å². The monoisotopic (exact) mass is 232 g/mol. The third kappa shape index (κ3) is 2.63. The van der Waals surface area contributed by atoms with Crippen LogP contribution in [0.25, 0.3) is 0 Å². The molecule has 0 radical (unpaired) electrons. The largest absolute Gasteiger partial charge is 0.414 e. The quantitative estimate of drug-likeness (QED) is 0.573. The minimum absolute atomic E-state index is 0.297. The first kappa shape index (κ1) is 11.3. The Morgan fingerprint density at radius 2 is 2.07 bits per heavy atom. The number of alkyl halides is 1. The van der Waals surface area contributed by atoms with Crippen molar-refractivity contribution in [3.8, 4) is 5.75 Å². The molecule has 1 aromatic rings. The highest BCUT2D eigenvalue weighted by Crippen LogP contribution is 2.26. The molecule has 0 amide bonds. The second-order valence-corrected chi connectivity index (χ2v) is 3.61. The second kappa shape index (κ2) is 4.67. The summed E-state index contributed by atoms with van der Waals surface area (Å²) in [5, 5.41) is 0. The number of ether oxygens (including phenoxy) is 1. The molecule has 4 heteroatoms. The van der Waals surface area contributed by atoms with Gasteiger partial charge in [-0.15, -0.1) is 11.6 Å². The molecule has 14 heavy (non-hydrogen) atoms. The molecular formula is C10H10Cl2O2. The Hall–Kier alpha value is -0.730. The SMILES string of the molecule is Cc1cc(C)c(CCl)c(OC(=O)Cl)c1. The molecule has 0 saturated carbocycles. The van der Waals surface area contributed by atoms with Crippen molar-refractivity contribution in [2.24, 2.45) is 0 Å². The molecule has 0 heterocycles. The van der Waals surface area contributed by atoms with Gasteiger partial charge < -0.3 is 4.74 Å². The van der Waals surface area contributed by atoms with Crippen molar-refractivity contribution in [3.05, 3.63) is 28.8 Å². The fraction of sp³-hybridized carbons (Fsp3) is 0.300. The van der Waals surface area contributed by atoms with Crippen LogP contribution in [0.1, 0.15) is 16.7 Å². The van der Waals surface area contributed by atoms with E-state index in [2.05, 4.69) is 0 Å². The number of hydrogen-bond acceptors (Lipinski definition) is 2. The summed E-state index contributed by atoms with van der Waals surface area (Å²) in [7, 11) is 0. The summed E-state index contributed by atoms with van der Waals surface area (Å²) in [6.07, 6.45) is 0. The van der Waals surface area contributed by atoms with Crippen molar-refractivity contribution >= 4 is 28.6 Å². The molecule has 0 spiro atoms. The molecule has 1 aromatic carbocycles. The summed E-state index contributed by atoms with van der Waals surface area (Å²) in [5.74, 6) is 0.739. The Morgan fingerprint density at radius 3 is 2.57 bits per heavy atom. The van der Waals surface area contributed by atoms with Crippen LogP contribution in [0.2, 0.25) is 0 Å². The molecule has 0 saturated heterocycles. The Bertz CT molecular complexity index is 361. The van der Waals surface area contributed by atoms with Crippen LogP contribution in [0.15, 0.2) is 12.1 Å². The average Bonchev–Trinajstić information content (AvgIpc) is 2.01. The molecule has 0 bridgehead atoms. The lowest BCUT2D eigenvalue weighted by atomic mass is 10.1. The van der Waals surface area contributed by atoms with Crippen molar-refractivity contribution in [1.29, 1.82) is 0 Å². The van der Waals surface area contributed by atoms with E-state index in [0.717, 1.165) is 16.7 Å². The minimum Gasteiger partial charge on any atom is -0.414 e. The van der Waals surface area contributed by atoms with Crippen LogP contribution in [0.3, 0.4) is 0 Å². The third-order valence-corrected chi connectivity index (χ3v) is 2.24. The number of benzene rings is 1. The zero-order chi connectivity index (χ0) is 10.7. The first-order valence-corrected chi connectivity index (χ1v) is 4.99. The van der Waals surface area contributed by atoms with E-state index >= 15 is 0 Å². The molecule has 0 unspecified atom stereocenters. The Kier molecular flexibility index (Phi) is 3.78. The van der Waals surface area contributed by atoms with Gasteiger partial charge in [-0.05, 0) is 31.0 Å². The van der Waals surface area contributed by atoms with Crippen LogP contribution in [0.4, 0.5) is 4.79 Å². The van der Waals surface area contributed by atoms with Crippen molar-refractivity contribution in [2.45, 2.75) is 19.7 Å². The number of hydrogen-bond donors (Lipinski definition) is 0. The molecule has 2 nitrogen and oxygen atoms in total. The Labute approximate surface area is 92.8 Å². The second-order valence-electron chi connectivity index (χ2n) is 3.03. The zero-order valence-electron chi connectivity index (χ0n) is 7.93. The number of aryl methyl sites for hydroxylation is 2. The lowest BCUT2D eigenvalue weighted by Crippen LogP contribution is -2.01. The highest BCUT2D eigenvalue weighted by molar-refractivity contribution is 6.61. The van der Waals surface area contributed by atoms with Crippen LogP contribution in [-0.4, -0.2) is 5.43 Å². The van der Waals surface area contributed by atoms with Crippen molar-refractivity contribution in [3.63, 3.8) is 0 Å². The molecule has 1 rings (SSSR count). The van der Waals surface area contributed by atoms with E-state index in [1.165, 1.54) is 0 Å². The maximum atomic E-state index is 10.6. The van der Waals surface area contributed by atoms with Crippen molar-refractivity contribution < 1.29 is 9.53 Å². The van der Waals surface area contributed by atoms with Gasteiger partial charge in [0.05, 0.1) is 5.88 Å². The van der Waals surface area contributed by atoms with Crippen LogP contribution < -0.4 is 4.74 Å². The summed E-state index contributed by atoms with van der Waals surface area (Å²) in [6, 6.07) is 3.72. The van der Waals surface area contributed by atoms with Gasteiger partial charge in [-0.1, -0.05) is 6.07 Å². The molecule has 0 atom stereocenters. The van der Waals surface area contributed by atoms with E-state index in [4.69, 9.17) is 27.9 Å². The van der Waals surface area contributed by atoms with Gasteiger partial charge in [0.15, 0.2) is 0 Å². The van der Waals surface area contributed by atoms with E-state index in [1.807, 2.05) is 19.9 Å². The maximum Gasteiger partial charge on any atom is 0.409 e. The first-order chi connectivity index (χ1) is 6.54. The predicted molar refractivity (Wildman–Crippen MR) is 57.4 cm³/mol. The number of carbonyl (C=O) groups excluding carboxylic acids is 1. The average molecular weight is 233 g/mol. The molecule has 0 aliphatic carbocycles. The van der Waals surface area contributed by atoms with E-state index < -0.39 is 5.43 Å². The lowest BCUT2D eigenvalue weighted by molar-refractivity contribution is 0.225. The summed E-state index contributed by atoms with van der Waals surface area (Å²) in [5.41, 5.74) is 1.95. The van der Waals surface area contributed by atoms with Crippen LogP contribution in [-0.2, 0) is 5.88 Å². The normalized spacial score (nSPS) is 10.0. The van der Waals surface area contributed by atoms with Gasteiger partial charge in [0, 0.05) is 17.2 Å². The summed E-state index contributed by atoms with van der Waals surface area (Å²) >= 11 is 10.9. The van der Waals surface area contributed by atoms with Gasteiger partial charge in [0.25, 0.3) is 0 Å². The molecular weight excluding hydrogens is 223 g/mol. The van der Waals surface area contributed by atoms with E-state index in [0.29, 0.717) is 11.6 Å². The molecule has 0 N–H and O–H groups in total. The van der Waals surface area contributed by atoms with Crippen molar-refractivity contribution in [2.75, 3.05) is 0 Å². The molecule has 0 aliphatic rings. The van der Waals surface area contributed by atoms with Gasteiger partial charge >= 0.3 is 5.43 Å². The maximum absolute atomic E-state index is 10.6. The molecule has 76 valence electrons. The standard InChI is InChI=1S/C10H10Cl2O2/c1-6-3-7(2)8(5-11)9(4-6)14-10(12)13/h3-4H,5H2,1-2H3. The van der Waals surface area contributed by atoms with Gasteiger partial charge in [-0.2, -0.15) is 0 Å². The zero-order valence-corrected chi connectivity index (χ0v) is 9.45. The van der Waals surface area contributed by atoms with Crippen molar-refractivity contribution in [1.82, 2.24) is 0 Å². The van der Waals surface area contributed by atoms with Gasteiger partial charge in [0.2, 0.25) is 0 Å².